The van der Waals surface area contributed by atoms with Crippen molar-refractivity contribution in [3.05, 3.63) is 33.3 Å². The fourth-order valence-electron chi connectivity index (χ4n) is 1.24. The van der Waals surface area contributed by atoms with E-state index in [0.717, 1.165) is 10.0 Å². The summed E-state index contributed by atoms with van der Waals surface area (Å²) in [6.45, 7) is 6.73. The lowest BCUT2D eigenvalue weighted by atomic mass is 10.1. The maximum atomic E-state index is 9.97. The van der Waals surface area contributed by atoms with Crippen molar-refractivity contribution in [3.8, 4) is 0 Å². The summed E-state index contributed by atoms with van der Waals surface area (Å²) in [5, 5.41) is 13.9. The van der Waals surface area contributed by atoms with Gasteiger partial charge in [-0.1, -0.05) is 17.7 Å². The van der Waals surface area contributed by atoms with Crippen molar-refractivity contribution in [2.24, 2.45) is 0 Å². The number of aliphatic hydroxyl groups is 1. The third-order valence-corrected chi connectivity index (χ3v) is 3.37. The summed E-state index contributed by atoms with van der Waals surface area (Å²) in [4.78, 5) is 0. The summed E-state index contributed by atoms with van der Waals surface area (Å²) in [5.74, 6) is 0. The second kappa shape index (κ2) is 5.50. The van der Waals surface area contributed by atoms with Gasteiger partial charge in [0.1, 0.15) is 0 Å². The van der Waals surface area contributed by atoms with E-state index < -0.39 is 6.10 Å². The SMILES string of the molecule is CC(C)(C)NCC(O)c1ccc(Cl)c(Br)c1. The van der Waals surface area contributed by atoms with Crippen molar-refractivity contribution < 1.29 is 5.11 Å². The Morgan fingerprint density at radius 3 is 2.56 bits per heavy atom. The molecule has 2 nitrogen and oxygen atoms in total. The molecule has 0 aliphatic heterocycles. The van der Waals surface area contributed by atoms with Gasteiger partial charge in [-0.05, 0) is 54.4 Å². The number of rotatable bonds is 3. The molecule has 90 valence electrons. The van der Waals surface area contributed by atoms with Crippen LogP contribution in [-0.2, 0) is 0 Å². The lowest BCUT2D eigenvalue weighted by Gasteiger charge is -2.23. The quantitative estimate of drug-likeness (QED) is 0.895. The molecule has 16 heavy (non-hydrogen) atoms. The van der Waals surface area contributed by atoms with E-state index in [9.17, 15) is 5.11 Å². The molecule has 4 heteroatoms. The second-order valence-corrected chi connectivity index (χ2v) is 6.08. The first-order chi connectivity index (χ1) is 7.29. The van der Waals surface area contributed by atoms with Crippen LogP contribution < -0.4 is 5.32 Å². The van der Waals surface area contributed by atoms with Crippen LogP contribution in [0.25, 0.3) is 0 Å². The Bertz CT molecular complexity index is 363. The molecule has 0 aliphatic rings. The largest absolute Gasteiger partial charge is 0.387 e. The minimum atomic E-state index is -0.521. The van der Waals surface area contributed by atoms with E-state index in [4.69, 9.17) is 11.6 Å². The maximum Gasteiger partial charge on any atom is 0.0914 e. The zero-order valence-corrected chi connectivity index (χ0v) is 12.1. The van der Waals surface area contributed by atoms with Crippen molar-refractivity contribution in [3.63, 3.8) is 0 Å². The Hall–Kier alpha value is -0.0900. The van der Waals surface area contributed by atoms with Crippen molar-refractivity contribution in [2.75, 3.05) is 6.54 Å². The Morgan fingerprint density at radius 1 is 1.44 bits per heavy atom. The van der Waals surface area contributed by atoms with E-state index in [1.807, 2.05) is 12.1 Å². The molecule has 1 atom stereocenters. The molecule has 2 N–H and O–H groups in total. The molecular formula is C12H17BrClNO. The standard InChI is InChI=1S/C12H17BrClNO/c1-12(2,3)15-7-11(16)8-4-5-10(14)9(13)6-8/h4-6,11,15-16H,7H2,1-3H3. The minimum absolute atomic E-state index is 0.00460. The molecule has 1 rings (SSSR count). The van der Waals surface area contributed by atoms with Gasteiger partial charge in [-0.15, -0.1) is 0 Å². The molecular weight excluding hydrogens is 289 g/mol. The molecule has 0 saturated carbocycles. The molecule has 1 unspecified atom stereocenters. The zero-order chi connectivity index (χ0) is 12.3. The minimum Gasteiger partial charge on any atom is -0.387 e. The summed E-state index contributed by atoms with van der Waals surface area (Å²) in [7, 11) is 0. The lowest BCUT2D eigenvalue weighted by molar-refractivity contribution is 0.163. The lowest BCUT2D eigenvalue weighted by Crippen LogP contribution is -2.38. The number of halogens is 2. The predicted octanol–water partition coefficient (Wildman–Crippen LogP) is 3.52. The van der Waals surface area contributed by atoms with Crippen LogP contribution >= 0.6 is 27.5 Å². The van der Waals surface area contributed by atoms with Crippen LogP contribution in [0.2, 0.25) is 5.02 Å². The summed E-state index contributed by atoms with van der Waals surface area (Å²) in [6.07, 6.45) is -0.521. The number of benzene rings is 1. The molecule has 0 spiro atoms. The number of hydrogen-bond acceptors (Lipinski definition) is 2. The topological polar surface area (TPSA) is 32.3 Å². The first-order valence-electron chi connectivity index (χ1n) is 5.17. The summed E-state index contributed by atoms with van der Waals surface area (Å²) in [5.41, 5.74) is 0.859. The Morgan fingerprint density at radius 2 is 2.06 bits per heavy atom. The smallest absolute Gasteiger partial charge is 0.0914 e. The van der Waals surface area contributed by atoms with Crippen LogP contribution in [0.4, 0.5) is 0 Å². The average molecular weight is 307 g/mol. The molecule has 0 saturated heterocycles. The normalized spacial score (nSPS) is 13.9. The van der Waals surface area contributed by atoms with Crippen molar-refractivity contribution in [1.29, 1.82) is 0 Å². The van der Waals surface area contributed by atoms with Gasteiger partial charge in [0, 0.05) is 16.6 Å². The Balaban J connectivity index is 2.66. The van der Waals surface area contributed by atoms with Crippen LogP contribution in [-0.4, -0.2) is 17.2 Å². The highest BCUT2D eigenvalue weighted by molar-refractivity contribution is 9.10. The first kappa shape index (κ1) is 14.0. The molecule has 0 aromatic heterocycles. The van der Waals surface area contributed by atoms with E-state index in [2.05, 4.69) is 42.0 Å². The van der Waals surface area contributed by atoms with Crippen molar-refractivity contribution >= 4 is 27.5 Å². The van der Waals surface area contributed by atoms with Crippen molar-refractivity contribution in [1.82, 2.24) is 5.32 Å². The van der Waals surface area contributed by atoms with Gasteiger partial charge in [0.05, 0.1) is 11.1 Å². The molecule has 0 aliphatic carbocycles. The van der Waals surface area contributed by atoms with Crippen molar-refractivity contribution in [2.45, 2.75) is 32.4 Å². The molecule has 1 aromatic carbocycles. The molecule has 0 heterocycles. The molecule has 1 aromatic rings. The van der Waals surface area contributed by atoms with Gasteiger partial charge in [-0.3, -0.25) is 0 Å². The highest BCUT2D eigenvalue weighted by atomic mass is 79.9. The summed E-state index contributed by atoms with van der Waals surface area (Å²) in [6, 6.07) is 5.46. The van der Waals surface area contributed by atoms with E-state index in [1.54, 1.807) is 6.07 Å². The average Bonchev–Trinajstić information content (AvgIpc) is 2.17. The molecule has 0 amide bonds. The Labute approximate surface area is 110 Å². The van der Waals surface area contributed by atoms with Crippen LogP contribution in [0.5, 0.6) is 0 Å². The van der Waals surface area contributed by atoms with Gasteiger partial charge in [-0.25, -0.2) is 0 Å². The first-order valence-corrected chi connectivity index (χ1v) is 6.35. The number of β-amino-alcohol motifs (C(OH)–C–C–N with tert-alkyl or cyclic N) is 1. The molecule has 0 bridgehead atoms. The second-order valence-electron chi connectivity index (χ2n) is 4.82. The monoisotopic (exact) mass is 305 g/mol. The third kappa shape index (κ3) is 4.42. The number of nitrogens with one attached hydrogen (secondary N) is 1. The van der Waals surface area contributed by atoms with Gasteiger partial charge in [0.15, 0.2) is 0 Å². The summed E-state index contributed by atoms with van der Waals surface area (Å²) < 4.78 is 0.807. The maximum absolute atomic E-state index is 9.97. The van der Waals surface area contributed by atoms with Crippen LogP contribution in [0.1, 0.15) is 32.4 Å². The number of aliphatic hydroxyl groups excluding tert-OH is 1. The Kier molecular flexibility index (Phi) is 4.80. The van der Waals surface area contributed by atoms with Gasteiger partial charge in [0.25, 0.3) is 0 Å². The van der Waals surface area contributed by atoms with Crippen LogP contribution in [0, 0.1) is 0 Å². The fourth-order valence-corrected chi connectivity index (χ4v) is 1.75. The van der Waals surface area contributed by atoms with E-state index in [1.165, 1.54) is 0 Å². The zero-order valence-electron chi connectivity index (χ0n) is 9.72. The predicted molar refractivity (Wildman–Crippen MR) is 71.9 cm³/mol. The molecule has 0 radical (unpaired) electrons. The molecule has 0 fully saturated rings. The van der Waals surface area contributed by atoms with Crippen LogP contribution in [0.3, 0.4) is 0 Å². The van der Waals surface area contributed by atoms with Gasteiger partial charge >= 0.3 is 0 Å². The third-order valence-electron chi connectivity index (χ3n) is 2.15. The van der Waals surface area contributed by atoms with Gasteiger partial charge in [0.2, 0.25) is 0 Å². The summed E-state index contributed by atoms with van der Waals surface area (Å²) >= 11 is 9.23. The fraction of sp³-hybridized carbons (Fsp3) is 0.500. The number of hydrogen-bond donors (Lipinski definition) is 2. The van der Waals surface area contributed by atoms with Gasteiger partial charge < -0.3 is 10.4 Å². The van der Waals surface area contributed by atoms with E-state index in [0.29, 0.717) is 11.6 Å². The highest BCUT2D eigenvalue weighted by Crippen LogP contribution is 2.26. The van der Waals surface area contributed by atoms with E-state index in [-0.39, 0.29) is 5.54 Å². The van der Waals surface area contributed by atoms with E-state index >= 15 is 0 Å². The van der Waals surface area contributed by atoms with Gasteiger partial charge in [-0.2, -0.15) is 0 Å². The highest BCUT2D eigenvalue weighted by Gasteiger charge is 2.14. The van der Waals surface area contributed by atoms with Crippen LogP contribution in [0.15, 0.2) is 22.7 Å².